The Labute approximate surface area is 145 Å². The van der Waals surface area contributed by atoms with E-state index >= 15 is 0 Å². The summed E-state index contributed by atoms with van der Waals surface area (Å²) in [6, 6.07) is 10.9. The number of hydrogen-bond donors (Lipinski definition) is 1. The van der Waals surface area contributed by atoms with Gasteiger partial charge in [-0.25, -0.2) is 0 Å². The summed E-state index contributed by atoms with van der Waals surface area (Å²) in [5.74, 6) is 0.124. The molecule has 0 radical (unpaired) electrons. The molecule has 0 aliphatic carbocycles. The molecule has 0 saturated heterocycles. The molecule has 0 spiro atoms. The molecule has 1 aliphatic rings. The molecule has 1 heterocycles. The van der Waals surface area contributed by atoms with E-state index in [-0.39, 0.29) is 23.9 Å². The van der Waals surface area contributed by atoms with Crippen molar-refractivity contribution in [3.05, 3.63) is 57.6 Å². The number of nitro groups is 1. The number of aryl methyl sites for hydroxylation is 1. The summed E-state index contributed by atoms with van der Waals surface area (Å²) in [7, 11) is 1.38. The van der Waals surface area contributed by atoms with Crippen LogP contribution >= 0.6 is 0 Å². The molecular weight excluding hydrogens is 322 g/mol. The quantitative estimate of drug-likeness (QED) is 0.668. The van der Waals surface area contributed by atoms with Crippen LogP contribution in [0.1, 0.15) is 11.1 Å². The number of carbonyl (C=O) groups excluding carboxylic acids is 1. The van der Waals surface area contributed by atoms with Crippen molar-refractivity contribution in [2.24, 2.45) is 0 Å². The highest BCUT2D eigenvalue weighted by molar-refractivity contribution is 5.98. The molecule has 0 atom stereocenters. The van der Waals surface area contributed by atoms with Crippen LogP contribution in [0, 0.1) is 17.0 Å². The third kappa shape index (κ3) is 3.26. The summed E-state index contributed by atoms with van der Waals surface area (Å²) in [6.07, 6.45) is 0.853. The van der Waals surface area contributed by atoms with E-state index in [0.29, 0.717) is 17.8 Å². The molecule has 130 valence electrons. The number of nitrogens with zero attached hydrogens (tertiary/aromatic N) is 2. The monoisotopic (exact) mass is 341 g/mol. The van der Waals surface area contributed by atoms with E-state index in [1.165, 1.54) is 18.7 Å². The molecule has 0 fully saturated rings. The molecule has 0 unspecified atom stereocenters. The summed E-state index contributed by atoms with van der Waals surface area (Å²) in [4.78, 5) is 24.9. The zero-order valence-corrected chi connectivity index (χ0v) is 14.1. The van der Waals surface area contributed by atoms with E-state index in [2.05, 4.69) is 5.32 Å². The average molecular weight is 341 g/mol. The standard InChI is InChI=1S/C18H19N3O4/c1-12-9-16(21(23)24)17(25-2)10-14(12)19-11-18(22)20-8-7-13-5-3-4-6-15(13)20/h3-6,9-10,19H,7-8,11H2,1-2H3. The van der Waals surface area contributed by atoms with Gasteiger partial charge in [-0.15, -0.1) is 0 Å². The number of nitro benzene ring substituents is 1. The van der Waals surface area contributed by atoms with Crippen molar-refractivity contribution in [3.8, 4) is 5.75 Å². The minimum absolute atomic E-state index is 0.0401. The fourth-order valence-corrected chi connectivity index (χ4v) is 3.03. The van der Waals surface area contributed by atoms with E-state index in [9.17, 15) is 14.9 Å². The molecule has 0 bridgehead atoms. The molecule has 2 aromatic carbocycles. The van der Waals surface area contributed by atoms with Crippen molar-refractivity contribution < 1.29 is 14.5 Å². The van der Waals surface area contributed by atoms with Gasteiger partial charge < -0.3 is 15.0 Å². The first-order chi connectivity index (χ1) is 12.0. The molecule has 1 N–H and O–H groups in total. The maximum absolute atomic E-state index is 12.5. The largest absolute Gasteiger partial charge is 0.490 e. The van der Waals surface area contributed by atoms with Gasteiger partial charge >= 0.3 is 5.69 Å². The Morgan fingerprint density at radius 2 is 2.12 bits per heavy atom. The van der Waals surface area contributed by atoms with E-state index in [4.69, 9.17) is 4.74 Å². The molecule has 7 nitrogen and oxygen atoms in total. The molecule has 1 amide bonds. The van der Waals surface area contributed by atoms with E-state index < -0.39 is 4.92 Å². The number of rotatable bonds is 5. The summed E-state index contributed by atoms with van der Waals surface area (Å²) in [5, 5.41) is 14.1. The number of amides is 1. The number of fused-ring (bicyclic) bond motifs is 1. The van der Waals surface area contributed by atoms with Gasteiger partial charge in [-0.3, -0.25) is 14.9 Å². The first-order valence-corrected chi connectivity index (χ1v) is 7.96. The highest BCUT2D eigenvalue weighted by atomic mass is 16.6. The van der Waals surface area contributed by atoms with Gasteiger partial charge in [-0.1, -0.05) is 18.2 Å². The van der Waals surface area contributed by atoms with Crippen molar-refractivity contribution in [2.45, 2.75) is 13.3 Å². The van der Waals surface area contributed by atoms with Gasteiger partial charge in [0, 0.05) is 30.1 Å². The minimum atomic E-state index is -0.484. The van der Waals surface area contributed by atoms with Crippen LogP contribution in [0.5, 0.6) is 5.75 Å². The van der Waals surface area contributed by atoms with E-state index in [0.717, 1.165) is 12.1 Å². The van der Waals surface area contributed by atoms with Crippen molar-refractivity contribution in [1.29, 1.82) is 0 Å². The summed E-state index contributed by atoms with van der Waals surface area (Å²) in [5.41, 5.74) is 3.35. The van der Waals surface area contributed by atoms with E-state index in [1.807, 2.05) is 24.3 Å². The smallest absolute Gasteiger partial charge is 0.311 e. The first-order valence-electron chi connectivity index (χ1n) is 7.96. The van der Waals surface area contributed by atoms with Crippen LogP contribution in [0.2, 0.25) is 0 Å². The van der Waals surface area contributed by atoms with Crippen molar-refractivity contribution in [3.63, 3.8) is 0 Å². The Balaban J connectivity index is 1.74. The predicted molar refractivity (Wildman–Crippen MR) is 95.4 cm³/mol. The summed E-state index contributed by atoms with van der Waals surface area (Å²) >= 11 is 0. The van der Waals surface area contributed by atoms with Gasteiger partial charge in [0.1, 0.15) is 0 Å². The van der Waals surface area contributed by atoms with Crippen LogP contribution in [0.3, 0.4) is 0 Å². The Morgan fingerprint density at radius 1 is 1.36 bits per heavy atom. The Hall–Kier alpha value is -3.09. The van der Waals surface area contributed by atoms with Gasteiger partial charge in [-0.05, 0) is 30.5 Å². The molecule has 0 aromatic heterocycles. The van der Waals surface area contributed by atoms with Crippen LogP contribution in [0.15, 0.2) is 36.4 Å². The topological polar surface area (TPSA) is 84.7 Å². The molecule has 25 heavy (non-hydrogen) atoms. The number of para-hydroxylation sites is 1. The maximum atomic E-state index is 12.5. The Kier molecular flexibility index (Phi) is 4.56. The summed E-state index contributed by atoms with van der Waals surface area (Å²) in [6.45, 7) is 2.53. The lowest BCUT2D eigenvalue weighted by atomic mass is 10.1. The van der Waals surface area contributed by atoms with Gasteiger partial charge in [0.05, 0.1) is 18.6 Å². The lowest BCUT2D eigenvalue weighted by Crippen LogP contribution is -2.34. The normalized spacial score (nSPS) is 12.6. The fourth-order valence-electron chi connectivity index (χ4n) is 3.03. The Bertz CT molecular complexity index is 835. The number of hydrogen-bond acceptors (Lipinski definition) is 5. The third-order valence-corrected chi connectivity index (χ3v) is 4.34. The zero-order chi connectivity index (χ0) is 18.0. The number of methoxy groups -OCH3 is 1. The van der Waals surface area contributed by atoms with Gasteiger partial charge in [-0.2, -0.15) is 0 Å². The van der Waals surface area contributed by atoms with E-state index in [1.54, 1.807) is 17.9 Å². The predicted octanol–water partition coefficient (Wildman–Crippen LogP) is 2.91. The van der Waals surface area contributed by atoms with Crippen molar-refractivity contribution >= 4 is 23.0 Å². The molecule has 7 heteroatoms. The zero-order valence-electron chi connectivity index (χ0n) is 14.1. The molecule has 0 saturated carbocycles. The first kappa shape index (κ1) is 16.8. The number of benzene rings is 2. The Morgan fingerprint density at radius 3 is 2.84 bits per heavy atom. The molecule has 3 rings (SSSR count). The van der Waals surface area contributed by atoms with Crippen LogP contribution in [-0.4, -0.2) is 31.0 Å². The van der Waals surface area contributed by atoms with Crippen molar-refractivity contribution in [1.82, 2.24) is 0 Å². The van der Waals surface area contributed by atoms with Crippen LogP contribution in [0.4, 0.5) is 17.1 Å². The molecule has 1 aliphatic heterocycles. The highest BCUT2D eigenvalue weighted by Crippen LogP contribution is 2.33. The third-order valence-electron chi connectivity index (χ3n) is 4.34. The second kappa shape index (κ2) is 6.80. The van der Waals surface area contributed by atoms with Crippen LogP contribution in [-0.2, 0) is 11.2 Å². The summed E-state index contributed by atoms with van der Waals surface area (Å²) < 4.78 is 5.08. The minimum Gasteiger partial charge on any atom is -0.490 e. The highest BCUT2D eigenvalue weighted by Gasteiger charge is 2.24. The van der Waals surface area contributed by atoms with Gasteiger partial charge in [0.15, 0.2) is 5.75 Å². The average Bonchev–Trinajstić information content (AvgIpc) is 3.04. The van der Waals surface area contributed by atoms with Crippen LogP contribution < -0.4 is 15.0 Å². The second-order valence-corrected chi connectivity index (χ2v) is 5.87. The van der Waals surface area contributed by atoms with Crippen LogP contribution in [0.25, 0.3) is 0 Å². The fraction of sp³-hybridized carbons (Fsp3) is 0.278. The van der Waals surface area contributed by atoms with Crippen molar-refractivity contribution in [2.75, 3.05) is 30.4 Å². The SMILES string of the molecule is COc1cc(NCC(=O)N2CCc3ccccc32)c(C)cc1[N+](=O)[O-]. The lowest BCUT2D eigenvalue weighted by molar-refractivity contribution is -0.385. The second-order valence-electron chi connectivity index (χ2n) is 5.87. The number of carbonyl (C=O) groups is 1. The molecule has 2 aromatic rings. The number of anilines is 2. The lowest BCUT2D eigenvalue weighted by Gasteiger charge is -2.18. The number of nitrogens with one attached hydrogen (secondary N) is 1. The maximum Gasteiger partial charge on any atom is 0.311 e. The van der Waals surface area contributed by atoms with Gasteiger partial charge in [0.2, 0.25) is 5.91 Å². The van der Waals surface area contributed by atoms with Gasteiger partial charge in [0.25, 0.3) is 0 Å². The molecular formula is C18H19N3O4. The number of ether oxygens (including phenoxy) is 1.